The number of hydrogen-bond acceptors (Lipinski definition) is 3. The normalized spacial score (nSPS) is 34.6. The van der Waals surface area contributed by atoms with E-state index in [0.29, 0.717) is 6.42 Å². The molecule has 2 aliphatic carbocycles. The average Bonchev–Trinajstić information content (AvgIpc) is 3.08. The molecule has 1 aromatic carbocycles. The second-order valence-corrected chi connectivity index (χ2v) is 6.45. The van der Waals surface area contributed by atoms with Crippen LogP contribution in [0.1, 0.15) is 18.4 Å². The van der Waals surface area contributed by atoms with E-state index in [4.69, 9.17) is 4.74 Å². The molecular formula is C16H14F3NO3. The fourth-order valence-electron chi connectivity index (χ4n) is 4.42. The van der Waals surface area contributed by atoms with E-state index in [2.05, 4.69) is 5.32 Å². The monoisotopic (exact) mass is 325 g/mol. The molecule has 5 atom stereocenters. The number of esters is 1. The molecule has 4 nitrogen and oxygen atoms in total. The fraction of sp³-hybridized carbons (Fsp3) is 0.500. The van der Waals surface area contributed by atoms with Crippen molar-refractivity contribution < 1.29 is 27.5 Å². The van der Waals surface area contributed by atoms with Crippen molar-refractivity contribution in [3.63, 3.8) is 0 Å². The molecule has 1 heterocycles. The Labute approximate surface area is 130 Å². The Morgan fingerprint density at radius 3 is 2.70 bits per heavy atom. The van der Waals surface area contributed by atoms with Gasteiger partial charge in [0, 0.05) is 5.92 Å². The van der Waals surface area contributed by atoms with E-state index in [1.807, 2.05) is 0 Å². The minimum atomic E-state index is -4.55. The zero-order valence-electron chi connectivity index (χ0n) is 12.0. The van der Waals surface area contributed by atoms with Gasteiger partial charge in [0.15, 0.2) is 0 Å². The van der Waals surface area contributed by atoms with E-state index in [0.717, 1.165) is 12.5 Å². The van der Waals surface area contributed by atoms with E-state index < -0.39 is 29.5 Å². The molecular weight excluding hydrogens is 311 g/mol. The molecule has 0 spiro atoms. The third-order valence-corrected chi connectivity index (χ3v) is 5.28. The van der Waals surface area contributed by atoms with Crippen molar-refractivity contribution in [3.8, 4) is 0 Å². The lowest BCUT2D eigenvalue weighted by molar-refractivity contribution is -0.145. The molecule has 1 aliphatic heterocycles. The minimum absolute atomic E-state index is 0.0134. The van der Waals surface area contributed by atoms with Gasteiger partial charge in [-0.2, -0.15) is 13.2 Å². The van der Waals surface area contributed by atoms with Gasteiger partial charge in [0.2, 0.25) is 5.91 Å². The number of carbonyl (C=O) groups is 2. The fourth-order valence-corrected chi connectivity index (χ4v) is 4.42. The van der Waals surface area contributed by atoms with Crippen LogP contribution in [0, 0.1) is 23.7 Å². The molecule has 1 amide bonds. The number of rotatable bonds is 2. The van der Waals surface area contributed by atoms with E-state index in [1.54, 1.807) is 0 Å². The lowest BCUT2D eigenvalue weighted by atomic mass is 9.79. The SMILES string of the molecule is O=C(Nc1ccccc1C(F)(F)F)[C@@H]1[C@@H]2C[C@@H]3[C@@H]1C(=O)O[C@@H]3C2. The zero-order valence-corrected chi connectivity index (χ0v) is 12.0. The predicted molar refractivity (Wildman–Crippen MR) is 73.1 cm³/mol. The summed E-state index contributed by atoms with van der Waals surface area (Å²) in [6.45, 7) is 0. The number of ether oxygens (including phenoxy) is 1. The topological polar surface area (TPSA) is 55.4 Å². The molecule has 3 aliphatic rings. The standard InChI is InChI=1S/C16H14F3NO3/c17-16(18,19)9-3-1-2-4-10(9)20-14(21)12-7-5-8-11(6-7)23-15(22)13(8)12/h1-4,7-8,11-13H,5-6H2,(H,20,21)/t7-,8+,11-,12-,13+/m1/s1. The first-order valence-electron chi connectivity index (χ1n) is 7.54. The summed E-state index contributed by atoms with van der Waals surface area (Å²) < 4.78 is 44.3. The number of fused-ring (bicyclic) bond motifs is 1. The molecule has 23 heavy (non-hydrogen) atoms. The maximum absolute atomic E-state index is 13.0. The molecule has 7 heteroatoms. The Hall–Kier alpha value is -2.05. The molecule has 1 N–H and O–H groups in total. The highest BCUT2D eigenvalue weighted by Gasteiger charge is 2.63. The van der Waals surface area contributed by atoms with Gasteiger partial charge in [-0.05, 0) is 30.9 Å². The molecule has 2 bridgehead atoms. The molecule has 1 saturated heterocycles. The van der Waals surface area contributed by atoms with E-state index in [1.165, 1.54) is 18.2 Å². The van der Waals surface area contributed by atoms with Crippen LogP contribution in [0.3, 0.4) is 0 Å². The number of carbonyl (C=O) groups excluding carboxylic acids is 2. The smallest absolute Gasteiger partial charge is 0.418 e. The summed E-state index contributed by atoms with van der Waals surface area (Å²) in [6, 6.07) is 4.86. The van der Waals surface area contributed by atoms with Crippen LogP contribution in [-0.4, -0.2) is 18.0 Å². The summed E-state index contributed by atoms with van der Waals surface area (Å²) in [5, 5.41) is 2.38. The van der Waals surface area contributed by atoms with Crippen molar-refractivity contribution in [1.29, 1.82) is 0 Å². The van der Waals surface area contributed by atoms with Gasteiger partial charge in [0.1, 0.15) is 6.10 Å². The molecule has 122 valence electrons. The summed E-state index contributed by atoms with van der Waals surface area (Å²) in [7, 11) is 0. The molecule has 4 rings (SSSR count). The third-order valence-electron chi connectivity index (χ3n) is 5.28. The molecule has 0 unspecified atom stereocenters. The average molecular weight is 325 g/mol. The number of alkyl halides is 3. The Morgan fingerprint density at radius 1 is 1.22 bits per heavy atom. The first kappa shape index (κ1) is 14.5. The van der Waals surface area contributed by atoms with E-state index in [9.17, 15) is 22.8 Å². The number of amides is 1. The number of para-hydroxylation sites is 1. The van der Waals surface area contributed by atoms with Crippen molar-refractivity contribution in [2.45, 2.75) is 25.1 Å². The van der Waals surface area contributed by atoms with Crippen molar-refractivity contribution in [1.82, 2.24) is 0 Å². The van der Waals surface area contributed by atoms with Gasteiger partial charge in [0.25, 0.3) is 0 Å². The van der Waals surface area contributed by atoms with Crippen LogP contribution in [0.2, 0.25) is 0 Å². The molecule has 1 aromatic rings. The largest absolute Gasteiger partial charge is 0.462 e. The predicted octanol–water partition coefficient (Wildman–Crippen LogP) is 2.84. The lowest BCUT2D eigenvalue weighted by Crippen LogP contribution is -2.36. The van der Waals surface area contributed by atoms with Crippen LogP contribution >= 0.6 is 0 Å². The van der Waals surface area contributed by atoms with Crippen molar-refractivity contribution in [3.05, 3.63) is 29.8 Å². The van der Waals surface area contributed by atoms with Gasteiger partial charge in [-0.15, -0.1) is 0 Å². The maximum atomic E-state index is 13.0. The minimum Gasteiger partial charge on any atom is -0.462 e. The van der Waals surface area contributed by atoms with Crippen molar-refractivity contribution in [2.24, 2.45) is 23.7 Å². The zero-order chi connectivity index (χ0) is 16.4. The summed E-state index contributed by atoms with van der Waals surface area (Å²) in [5.74, 6) is -1.94. The van der Waals surface area contributed by atoms with E-state index in [-0.39, 0.29) is 29.6 Å². The maximum Gasteiger partial charge on any atom is 0.418 e. The first-order valence-corrected chi connectivity index (χ1v) is 7.54. The lowest BCUT2D eigenvalue weighted by Gasteiger charge is -2.24. The highest BCUT2D eigenvalue weighted by Crippen LogP contribution is 2.57. The molecule has 0 aromatic heterocycles. The number of anilines is 1. The third kappa shape index (κ3) is 2.13. The van der Waals surface area contributed by atoms with Crippen LogP contribution in [-0.2, 0) is 20.5 Å². The van der Waals surface area contributed by atoms with Crippen LogP contribution in [0.25, 0.3) is 0 Å². The van der Waals surface area contributed by atoms with E-state index >= 15 is 0 Å². The van der Waals surface area contributed by atoms with Gasteiger partial charge in [-0.1, -0.05) is 12.1 Å². The Morgan fingerprint density at radius 2 is 1.96 bits per heavy atom. The van der Waals surface area contributed by atoms with Gasteiger partial charge < -0.3 is 10.1 Å². The van der Waals surface area contributed by atoms with Gasteiger partial charge in [-0.25, -0.2) is 0 Å². The van der Waals surface area contributed by atoms with Crippen LogP contribution in [0.15, 0.2) is 24.3 Å². The number of benzene rings is 1. The van der Waals surface area contributed by atoms with Crippen LogP contribution < -0.4 is 5.32 Å². The number of halogens is 3. The number of hydrogen-bond donors (Lipinski definition) is 1. The first-order chi connectivity index (χ1) is 10.9. The van der Waals surface area contributed by atoms with Crippen LogP contribution in [0.4, 0.5) is 18.9 Å². The summed E-state index contributed by atoms with van der Waals surface area (Å²) in [4.78, 5) is 24.4. The summed E-state index contributed by atoms with van der Waals surface area (Å²) in [6.07, 6.45) is -3.29. The van der Waals surface area contributed by atoms with Crippen LogP contribution in [0.5, 0.6) is 0 Å². The molecule has 0 radical (unpaired) electrons. The van der Waals surface area contributed by atoms with Crippen molar-refractivity contribution in [2.75, 3.05) is 5.32 Å². The molecule has 2 saturated carbocycles. The second-order valence-electron chi connectivity index (χ2n) is 6.45. The summed E-state index contributed by atoms with van der Waals surface area (Å²) >= 11 is 0. The van der Waals surface area contributed by atoms with Gasteiger partial charge >= 0.3 is 12.1 Å². The second kappa shape index (κ2) is 4.72. The quantitative estimate of drug-likeness (QED) is 0.851. The Bertz CT molecular complexity index is 685. The summed E-state index contributed by atoms with van der Waals surface area (Å²) in [5.41, 5.74) is -1.15. The Kier molecular flexibility index (Phi) is 2.98. The van der Waals surface area contributed by atoms with Crippen molar-refractivity contribution >= 4 is 17.6 Å². The highest BCUT2D eigenvalue weighted by atomic mass is 19.4. The number of nitrogens with one attached hydrogen (secondary N) is 1. The Balaban J connectivity index is 1.59. The molecule has 3 fully saturated rings. The van der Waals surface area contributed by atoms with Gasteiger partial charge in [0.05, 0.1) is 23.1 Å². The van der Waals surface area contributed by atoms with Gasteiger partial charge in [-0.3, -0.25) is 9.59 Å². The highest BCUT2D eigenvalue weighted by molar-refractivity contribution is 5.97.